The highest BCUT2D eigenvalue weighted by atomic mass is 16.6. The van der Waals surface area contributed by atoms with E-state index in [1.54, 1.807) is 7.05 Å². The molecule has 2 N–H and O–H groups in total. The maximum absolute atomic E-state index is 12.0. The lowest BCUT2D eigenvalue weighted by Crippen LogP contribution is -2.44. The van der Waals surface area contributed by atoms with Crippen LogP contribution in [0.4, 0.5) is 4.79 Å². The minimum absolute atomic E-state index is 0.0739. The number of aryl methyl sites for hydroxylation is 2. The van der Waals surface area contributed by atoms with E-state index >= 15 is 0 Å². The molecule has 1 amide bonds. The number of carbonyl (C=O) groups is 1. The van der Waals surface area contributed by atoms with Gasteiger partial charge in [-0.15, -0.1) is 10.2 Å². The van der Waals surface area contributed by atoms with Gasteiger partial charge in [0.25, 0.3) is 0 Å². The Kier molecular flexibility index (Phi) is 7.55. The van der Waals surface area contributed by atoms with Crippen molar-refractivity contribution < 1.29 is 9.53 Å². The number of hydrogen-bond donors (Lipinski definition) is 2. The van der Waals surface area contributed by atoms with Crippen LogP contribution in [-0.2, 0) is 24.1 Å². The molecule has 0 saturated carbocycles. The molecular formula is C21H37N7O2. The van der Waals surface area contributed by atoms with Gasteiger partial charge in [-0.2, -0.15) is 0 Å². The summed E-state index contributed by atoms with van der Waals surface area (Å²) in [7, 11) is 1.80. The number of likely N-dealkylation sites (tertiary alicyclic amines) is 1. The number of nitrogens with one attached hydrogen (secondary N) is 2. The van der Waals surface area contributed by atoms with E-state index in [0.29, 0.717) is 0 Å². The van der Waals surface area contributed by atoms with Crippen molar-refractivity contribution in [3.63, 3.8) is 0 Å². The number of nitrogens with zero attached hydrogens (tertiary/aromatic N) is 5. The van der Waals surface area contributed by atoms with Crippen LogP contribution in [0.3, 0.4) is 0 Å². The van der Waals surface area contributed by atoms with Crippen molar-refractivity contribution >= 4 is 12.1 Å². The molecule has 2 aliphatic heterocycles. The average molecular weight is 420 g/mol. The summed E-state index contributed by atoms with van der Waals surface area (Å²) in [5.41, 5.74) is -0.483. The van der Waals surface area contributed by atoms with Crippen LogP contribution in [0.5, 0.6) is 0 Å². The Hall–Kier alpha value is -2.32. The minimum atomic E-state index is -0.483. The van der Waals surface area contributed by atoms with Crippen LogP contribution in [0.25, 0.3) is 0 Å². The van der Waals surface area contributed by atoms with Gasteiger partial charge in [-0.1, -0.05) is 6.42 Å². The van der Waals surface area contributed by atoms with E-state index in [1.165, 1.54) is 19.3 Å². The quantitative estimate of drug-likeness (QED) is 0.431. The number of alkyl carbamates (subject to hydrolysis) is 1. The van der Waals surface area contributed by atoms with Crippen LogP contribution in [0.1, 0.15) is 64.5 Å². The summed E-state index contributed by atoms with van der Waals surface area (Å²) >= 11 is 0. The first kappa shape index (κ1) is 22.4. The maximum Gasteiger partial charge on any atom is 0.407 e. The zero-order chi connectivity index (χ0) is 21.6. The third-order valence-corrected chi connectivity index (χ3v) is 5.47. The van der Waals surface area contributed by atoms with E-state index < -0.39 is 5.60 Å². The number of amides is 1. The number of guanidine groups is 1. The molecule has 0 bridgehead atoms. The summed E-state index contributed by atoms with van der Waals surface area (Å²) in [5.74, 6) is 3.13. The van der Waals surface area contributed by atoms with Crippen LogP contribution < -0.4 is 10.6 Å². The zero-order valence-corrected chi connectivity index (χ0v) is 18.9. The molecule has 0 aliphatic carbocycles. The van der Waals surface area contributed by atoms with Crippen LogP contribution in [-0.4, -0.2) is 70.0 Å². The van der Waals surface area contributed by atoms with E-state index in [1.807, 2.05) is 20.8 Å². The second-order valence-electron chi connectivity index (χ2n) is 9.15. The number of carbonyl (C=O) groups excluding carboxylic acids is 1. The van der Waals surface area contributed by atoms with Gasteiger partial charge in [0.2, 0.25) is 0 Å². The highest BCUT2D eigenvalue weighted by Crippen LogP contribution is 2.15. The maximum atomic E-state index is 12.0. The molecule has 9 heteroatoms. The Morgan fingerprint density at radius 3 is 2.83 bits per heavy atom. The van der Waals surface area contributed by atoms with Crippen molar-refractivity contribution in [3.8, 4) is 0 Å². The van der Waals surface area contributed by atoms with E-state index in [2.05, 4.69) is 35.3 Å². The lowest BCUT2D eigenvalue weighted by Gasteiger charge is -2.23. The molecule has 1 aromatic heterocycles. The van der Waals surface area contributed by atoms with Crippen molar-refractivity contribution in [1.82, 2.24) is 30.3 Å². The summed E-state index contributed by atoms with van der Waals surface area (Å²) in [5, 5.41) is 15.2. The predicted molar refractivity (Wildman–Crippen MR) is 117 cm³/mol. The molecule has 30 heavy (non-hydrogen) atoms. The lowest BCUT2D eigenvalue weighted by atomic mass is 10.2. The fraction of sp³-hybridized carbons (Fsp3) is 0.810. The van der Waals surface area contributed by atoms with Gasteiger partial charge in [-0.05, 0) is 46.5 Å². The Balaban J connectivity index is 1.40. The SMILES string of the molecule is CN=C(NCCCc1nnc2n1CCCCC2)N1CCC(NC(=O)OC(C)(C)C)C1. The van der Waals surface area contributed by atoms with E-state index in [-0.39, 0.29) is 12.1 Å². The molecule has 0 radical (unpaired) electrons. The molecule has 0 spiro atoms. The molecule has 9 nitrogen and oxygen atoms in total. The summed E-state index contributed by atoms with van der Waals surface area (Å²) in [6.45, 7) is 9.08. The molecule has 3 rings (SSSR count). The summed E-state index contributed by atoms with van der Waals surface area (Å²) in [4.78, 5) is 18.6. The van der Waals surface area contributed by atoms with Gasteiger partial charge in [-0.3, -0.25) is 4.99 Å². The molecule has 1 aromatic rings. The van der Waals surface area contributed by atoms with Gasteiger partial charge in [0.05, 0.1) is 6.04 Å². The first-order valence-corrected chi connectivity index (χ1v) is 11.2. The Morgan fingerprint density at radius 1 is 1.23 bits per heavy atom. The second kappa shape index (κ2) is 10.1. The lowest BCUT2D eigenvalue weighted by molar-refractivity contribution is 0.0507. The van der Waals surface area contributed by atoms with Crippen LogP contribution >= 0.6 is 0 Å². The first-order valence-electron chi connectivity index (χ1n) is 11.2. The van der Waals surface area contributed by atoms with E-state index in [0.717, 1.165) is 69.5 Å². The largest absolute Gasteiger partial charge is 0.444 e. The van der Waals surface area contributed by atoms with Crippen molar-refractivity contribution in [2.45, 2.75) is 83.9 Å². The number of hydrogen-bond acceptors (Lipinski definition) is 5. The highest BCUT2D eigenvalue weighted by Gasteiger charge is 2.27. The standard InChI is InChI=1S/C21H37N7O2/c1-21(2,3)30-20(29)24-16-11-14-27(15-16)19(22-4)23-12-8-10-18-26-25-17-9-6-5-7-13-28(17)18/h16H,5-15H2,1-4H3,(H,22,23)(H,24,29). The van der Waals surface area contributed by atoms with Crippen LogP contribution in [0.15, 0.2) is 4.99 Å². The topological polar surface area (TPSA) is 96.7 Å². The fourth-order valence-electron chi connectivity index (χ4n) is 4.05. The molecule has 1 atom stereocenters. The number of aliphatic imine (C=N–C) groups is 1. The van der Waals surface area contributed by atoms with Crippen molar-refractivity contribution in [2.24, 2.45) is 4.99 Å². The molecule has 3 heterocycles. The highest BCUT2D eigenvalue weighted by molar-refractivity contribution is 5.80. The predicted octanol–water partition coefficient (Wildman–Crippen LogP) is 2.11. The van der Waals surface area contributed by atoms with Gasteiger partial charge in [0.1, 0.15) is 17.2 Å². The fourth-order valence-corrected chi connectivity index (χ4v) is 4.05. The Bertz CT molecular complexity index is 738. The number of aromatic nitrogens is 3. The molecular weight excluding hydrogens is 382 g/mol. The molecule has 1 saturated heterocycles. The van der Waals surface area contributed by atoms with Crippen LogP contribution in [0, 0.1) is 0 Å². The van der Waals surface area contributed by atoms with Gasteiger partial charge < -0.3 is 24.8 Å². The second-order valence-corrected chi connectivity index (χ2v) is 9.15. The molecule has 2 aliphatic rings. The smallest absolute Gasteiger partial charge is 0.407 e. The number of ether oxygens (including phenoxy) is 1. The van der Waals surface area contributed by atoms with Gasteiger partial charge in [0, 0.05) is 46.1 Å². The molecule has 168 valence electrons. The molecule has 1 fully saturated rings. The monoisotopic (exact) mass is 419 g/mol. The number of rotatable bonds is 5. The molecule has 1 unspecified atom stereocenters. The van der Waals surface area contributed by atoms with Gasteiger partial charge >= 0.3 is 6.09 Å². The van der Waals surface area contributed by atoms with Gasteiger partial charge in [0.15, 0.2) is 5.96 Å². The van der Waals surface area contributed by atoms with Crippen molar-refractivity contribution in [2.75, 3.05) is 26.7 Å². The Labute approximate surface area is 179 Å². The van der Waals surface area contributed by atoms with Gasteiger partial charge in [-0.25, -0.2) is 4.79 Å². The molecule has 0 aromatic carbocycles. The average Bonchev–Trinajstić information content (AvgIpc) is 3.20. The van der Waals surface area contributed by atoms with E-state index in [4.69, 9.17) is 4.74 Å². The van der Waals surface area contributed by atoms with Crippen molar-refractivity contribution in [1.29, 1.82) is 0 Å². The van der Waals surface area contributed by atoms with Crippen LogP contribution in [0.2, 0.25) is 0 Å². The third kappa shape index (κ3) is 6.34. The first-order chi connectivity index (χ1) is 14.4. The third-order valence-electron chi connectivity index (χ3n) is 5.47. The Morgan fingerprint density at radius 2 is 2.07 bits per heavy atom. The van der Waals surface area contributed by atoms with E-state index in [9.17, 15) is 4.79 Å². The summed E-state index contributed by atoms with van der Waals surface area (Å²) in [6.07, 6.45) is 7.18. The van der Waals surface area contributed by atoms with Crippen molar-refractivity contribution in [3.05, 3.63) is 11.6 Å². The number of fused-ring (bicyclic) bond motifs is 1. The minimum Gasteiger partial charge on any atom is -0.444 e. The normalized spacial score (nSPS) is 19.9. The summed E-state index contributed by atoms with van der Waals surface area (Å²) < 4.78 is 7.67. The zero-order valence-electron chi connectivity index (χ0n) is 18.9. The summed E-state index contributed by atoms with van der Waals surface area (Å²) in [6, 6.07) is 0.0739.